The van der Waals surface area contributed by atoms with Crippen LogP contribution in [0.3, 0.4) is 0 Å². The highest BCUT2D eigenvalue weighted by Crippen LogP contribution is 2.24. The van der Waals surface area contributed by atoms with Gasteiger partial charge in [-0.15, -0.1) is 11.3 Å². The zero-order valence-electron chi connectivity index (χ0n) is 10.1. The molecule has 18 heavy (non-hydrogen) atoms. The molecule has 1 atom stereocenters. The largest absolute Gasteiger partial charge is 0.377 e. The Kier molecular flexibility index (Phi) is 3.85. The molecular formula is C13H12ClN3S. The summed E-state index contributed by atoms with van der Waals surface area (Å²) in [7, 11) is 0. The van der Waals surface area contributed by atoms with Crippen LogP contribution in [0.1, 0.15) is 29.2 Å². The summed E-state index contributed by atoms with van der Waals surface area (Å²) in [6, 6.07) is 7.50. The van der Waals surface area contributed by atoms with E-state index in [2.05, 4.69) is 16.4 Å². The molecule has 1 aromatic carbocycles. The van der Waals surface area contributed by atoms with Crippen molar-refractivity contribution in [3.63, 3.8) is 0 Å². The first-order chi connectivity index (χ1) is 8.60. The average molecular weight is 278 g/mol. The molecule has 0 aliphatic heterocycles. The van der Waals surface area contributed by atoms with E-state index in [0.717, 1.165) is 16.4 Å². The van der Waals surface area contributed by atoms with Crippen molar-refractivity contribution >= 4 is 28.6 Å². The Hall–Kier alpha value is -1.57. The fraction of sp³-hybridized carbons (Fsp3) is 0.231. The van der Waals surface area contributed by atoms with E-state index in [9.17, 15) is 0 Å². The number of nitrogens with one attached hydrogen (secondary N) is 1. The quantitative estimate of drug-likeness (QED) is 0.917. The van der Waals surface area contributed by atoms with Gasteiger partial charge in [-0.1, -0.05) is 11.6 Å². The zero-order valence-corrected chi connectivity index (χ0v) is 11.6. The molecule has 2 rings (SSSR count). The summed E-state index contributed by atoms with van der Waals surface area (Å²) in [6.07, 6.45) is 0. The van der Waals surface area contributed by atoms with E-state index in [-0.39, 0.29) is 6.04 Å². The summed E-state index contributed by atoms with van der Waals surface area (Å²) in [4.78, 5) is 4.43. The van der Waals surface area contributed by atoms with Crippen LogP contribution in [0.4, 0.5) is 5.69 Å². The molecule has 0 saturated heterocycles. The Bertz CT molecular complexity index is 601. The Morgan fingerprint density at radius 3 is 2.89 bits per heavy atom. The van der Waals surface area contributed by atoms with Crippen LogP contribution in [0, 0.1) is 18.3 Å². The molecule has 0 spiro atoms. The van der Waals surface area contributed by atoms with Gasteiger partial charge < -0.3 is 5.32 Å². The van der Waals surface area contributed by atoms with E-state index in [0.29, 0.717) is 10.6 Å². The van der Waals surface area contributed by atoms with Gasteiger partial charge in [0.25, 0.3) is 0 Å². The molecule has 1 heterocycles. The predicted octanol–water partition coefficient (Wildman–Crippen LogP) is 4.15. The fourth-order valence-corrected chi connectivity index (χ4v) is 2.47. The van der Waals surface area contributed by atoms with Crippen LogP contribution in [0.25, 0.3) is 0 Å². The summed E-state index contributed by atoms with van der Waals surface area (Å²) < 4.78 is 0. The van der Waals surface area contributed by atoms with Crippen LogP contribution in [0.15, 0.2) is 23.6 Å². The predicted molar refractivity (Wildman–Crippen MR) is 75.1 cm³/mol. The minimum Gasteiger partial charge on any atom is -0.377 e. The number of hydrogen-bond donors (Lipinski definition) is 1. The second-order valence-electron chi connectivity index (χ2n) is 3.96. The Labute approximate surface area is 115 Å². The van der Waals surface area contributed by atoms with E-state index in [1.165, 1.54) is 0 Å². The van der Waals surface area contributed by atoms with Gasteiger partial charge in [0, 0.05) is 11.1 Å². The van der Waals surface area contributed by atoms with Gasteiger partial charge in [0.05, 0.1) is 27.3 Å². The minimum absolute atomic E-state index is 0.0997. The van der Waals surface area contributed by atoms with Crippen molar-refractivity contribution < 1.29 is 0 Å². The van der Waals surface area contributed by atoms with E-state index < -0.39 is 0 Å². The second kappa shape index (κ2) is 5.38. The maximum Gasteiger partial charge on any atom is 0.101 e. The highest BCUT2D eigenvalue weighted by Gasteiger charge is 2.09. The molecule has 0 fully saturated rings. The van der Waals surface area contributed by atoms with Crippen molar-refractivity contribution in [2.75, 3.05) is 5.32 Å². The van der Waals surface area contributed by atoms with Crippen molar-refractivity contribution in [1.29, 1.82) is 5.26 Å². The number of rotatable bonds is 3. The maximum absolute atomic E-state index is 8.92. The third-order valence-electron chi connectivity index (χ3n) is 2.55. The average Bonchev–Trinajstić information content (AvgIpc) is 2.78. The van der Waals surface area contributed by atoms with E-state index in [1.54, 1.807) is 23.5 Å². The van der Waals surface area contributed by atoms with Crippen LogP contribution in [-0.4, -0.2) is 4.98 Å². The Morgan fingerprint density at radius 2 is 2.28 bits per heavy atom. The highest BCUT2D eigenvalue weighted by atomic mass is 35.5. The zero-order chi connectivity index (χ0) is 13.1. The number of benzene rings is 1. The smallest absolute Gasteiger partial charge is 0.101 e. The van der Waals surface area contributed by atoms with Gasteiger partial charge in [-0.2, -0.15) is 5.26 Å². The third-order valence-corrected chi connectivity index (χ3v) is 3.67. The number of aromatic nitrogens is 1. The number of hydrogen-bond acceptors (Lipinski definition) is 4. The van der Waals surface area contributed by atoms with E-state index >= 15 is 0 Å². The number of thiazole rings is 1. The number of nitriles is 1. The first kappa shape index (κ1) is 12.9. The first-order valence-corrected chi connectivity index (χ1v) is 6.74. The molecule has 0 saturated carbocycles. The van der Waals surface area contributed by atoms with Gasteiger partial charge in [-0.05, 0) is 32.0 Å². The molecule has 0 amide bonds. The number of anilines is 1. The standard InChI is InChI=1S/C13H12ClN3S/c1-8(13-7-18-9(2)17-13)16-11-3-4-12(14)10(5-11)6-15/h3-5,7-8,16H,1-2H3. The van der Waals surface area contributed by atoms with Gasteiger partial charge >= 0.3 is 0 Å². The highest BCUT2D eigenvalue weighted by molar-refractivity contribution is 7.09. The molecule has 1 N–H and O–H groups in total. The van der Waals surface area contributed by atoms with E-state index in [1.807, 2.05) is 25.3 Å². The molecule has 0 bridgehead atoms. The van der Waals surface area contributed by atoms with Crippen LogP contribution in [0.5, 0.6) is 0 Å². The second-order valence-corrected chi connectivity index (χ2v) is 5.43. The van der Waals surface area contributed by atoms with Gasteiger partial charge in [0.2, 0.25) is 0 Å². The summed E-state index contributed by atoms with van der Waals surface area (Å²) in [5, 5.41) is 15.8. The molecule has 5 heteroatoms. The third kappa shape index (κ3) is 2.81. The number of halogens is 1. The molecule has 0 aliphatic carbocycles. The monoisotopic (exact) mass is 277 g/mol. The fourth-order valence-electron chi connectivity index (χ4n) is 1.60. The number of aryl methyl sites for hydroxylation is 1. The molecule has 2 aromatic rings. The minimum atomic E-state index is 0.0997. The summed E-state index contributed by atoms with van der Waals surface area (Å²) >= 11 is 7.52. The van der Waals surface area contributed by atoms with Crippen molar-refractivity contribution in [3.8, 4) is 6.07 Å². The molecule has 0 radical (unpaired) electrons. The maximum atomic E-state index is 8.92. The summed E-state index contributed by atoms with van der Waals surface area (Å²) in [5.41, 5.74) is 2.35. The van der Waals surface area contributed by atoms with Crippen molar-refractivity contribution in [2.45, 2.75) is 19.9 Å². The molecule has 0 aliphatic rings. The van der Waals surface area contributed by atoms with Crippen molar-refractivity contribution in [3.05, 3.63) is 44.9 Å². The van der Waals surface area contributed by atoms with Crippen LogP contribution in [-0.2, 0) is 0 Å². The van der Waals surface area contributed by atoms with Gasteiger partial charge in [0.1, 0.15) is 6.07 Å². The Morgan fingerprint density at radius 1 is 1.50 bits per heavy atom. The summed E-state index contributed by atoms with van der Waals surface area (Å²) in [5.74, 6) is 0. The van der Waals surface area contributed by atoms with Crippen LogP contribution < -0.4 is 5.32 Å². The van der Waals surface area contributed by atoms with Crippen LogP contribution >= 0.6 is 22.9 Å². The van der Waals surface area contributed by atoms with Crippen molar-refractivity contribution in [1.82, 2.24) is 4.98 Å². The summed E-state index contributed by atoms with van der Waals surface area (Å²) in [6.45, 7) is 4.02. The Balaban J connectivity index is 2.17. The molecule has 92 valence electrons. The topological polar surface area (TPSA) is 48.7 Å². The SMILES string of the molecule is Cc1nc(C(C)Nc2ccc(Cl)c(C#N)c2)cs1. The van der Waals surface area contributed by atoms with Crippen molar-refractivity contribution in [2.24, 2.45) is 0 Å². The van der Waals surface area contributed by atoms with Crippen LogP contribution in [0.2, 0.25) is 5.02 Å². The lowest BCUT2D eigenvalue weighted by molar-refractivity contribution is 0.845. The lowest BCUT2D eigenvalue weighted by Crippen LogP contribution is -2.07. The lowest BCUT2D eigenvalue weighted by atomic mass is 10.2. The molecular weight excluding hydrogens is 266 g/mol. The lowest BCUT2D eigenvalue weighted by Gasteiger charge is -2.13. The van der Waals surface area contributed by atoms with E-state index in [4.69, 9.17) is 16.9 Å². The molecule has 1 unspecified atom stereocenters. The van der Waals surface area contributed by atoms with Gasteiger partial charge in [0.15, 0.2) is 0 Å². The molecule has 1 aromatic heterocycles. The van der Waals surface area contributed by atoms with Gasteiger partial charge in [-0.3, -0.25) is 0 Å². The molecule has 3 nitrogen and oxygen atoms in total. The number of nitrogens with zero attached hydrogens (tertiary/aromatic N) is 2. The first-order valence-electron chi connectivity index (χ1n) is 5.48. The van der Waals surface area contributed by atoms with Gasteiger partial charge in [-0.25, -0.2) is 4.98 Å². The normalized spacial score (nSPS) is 11.9.